The van der Waals surface area contributed by atoms with Crippen molar-refractivity contribution in [3.63, 3.8) is 0 Å². The third-order valence-corrected chi connectivity index (χ3v) is 7.98. The molecular formula is C27H36F3N7O2. The van der Waals surface area contributed by atoms with Crippen LogP contribution < -0.4 is 15.5 Å². The fraction of sp³-hybridized carbons (Fsp3) is 0.593. The van der Waals surface area contributed by atoms with Crippen LogP contribution in [0.5, 0.6) is 0 Å². The van der Waals surface area contributed by atoms with Crippen LogP contribution in [0.1, 0.15) is 43.7 Å². The number of anilines is 4. The monoisotopic (exact) mass is 547 g/mol. The number of carbonyl (C=O) groups is 1. The van der Waals surface area contributed by atoms with Gasteiger partial charge >= 0.3 is 12.3 Å². The van der Waals surface area contributed by atoms with Gasteiger partial charge < -0.3 is 25.2 Å². The Morgan fingerprint density at radius 3 is 2.64 bits per heavy atom. The maximum atomic E-state index is 13.7. The van der Waals surface area contributed by atoms with Gasteiger partial charge in [-0.1, -0.05) is 6.92 Å². The summed E-state index contributed by atoms with van der Waals surface area (Å²) in [6, 6.07) is 7.32. The molecule has 0 saturated carbocycles. The third kappa shape index (κ3) is 6.15. The fourth-order valence-electron chi connectivity index (χ4n) is 5.70. The molecule has 1 amide bonds. The summed E-state index contributed by atoms with van der Waals surface area (Å²) < 4.78 is 46.0. The number of benzene rings is 1. The lowest BCUT2D eigenvalue weighted by Gasteiger charge is -2.40. The van der Waals surface area contributed by atoms with Gasteiger partial charge in [-0.3, -0.25) is 4.90 Å². The van der Waals surface area contributed by atoms with Gasteiger partial charge in [0, 0.05) is 62.4 Å². The molecule has 212 valence electrons. The molecule has 9 nitrogen and oxygen atoms in total. The molecule has 2 bridgehead atoms. The zero-order chi connectivity index (χ0) is 27.6. The van der Waals surface area contributed by atoms with Crippen LogP contribution in [-0.4, -0.2) is 84.3 Å². The smallest absolute Gasteiger partial charge is 0.421 e. The Bertz CT molecular complexity index is 1160. The number of fused-ring (bicyclic) bond motifs is 2. The molecule has 1 aromatic carbocycles. The second-order valence-corrected chi connectivity index (χ2v) is 10.5. The molecule has 1 aromatic heterocycles. The van der Waals surface area contributed by atoms with Gasteiger partial charge in [0.25, 0.3) is 0 Å². The molecular weight excluding hydrogens is 511 g/mol. The number of nitrogens with zero attached hydrogens (tertiary/aromatic N) is 5. The van der Waals surface area contributed by atoms with Gasteiger partial charge in [-0.15, -0.1) is 0 Å². The zero-order valence-electron chi connectivity index (χ0n) is 22.4. The van der Waals surface area contributed by atoms with E-state index in [1.165, 1.54) is 12.8 Å². The molecule has 3 saturated heterocycles. The Hall–Kier alpha value is -3.28. The van der Waals surface area contributed by atoms with Crippen LogP contribution >= 0.6 is 0 Å². The van der Waals surface area contributed by atoms with Crippen LogP contribution in [0.25, 0.3) is 0 Å². The normalized spacial score (nSPS) is 21.7. The molecule has 3 aliphatic heterocycles. The summed E-state index contributed by atoms with van der Waals surface area (Å²) in [7, 11) is 2.21. The number of hydrogen-bond acceptors (Lipinski definition) is 8. The van der Waals surface area contributed by atoms with Crippen LogP contribution in [0, 0.1) is 0 Å². The van der Waals surface area contributed by atoms with E-state index in [0.717, 1.165) is 49.1 Å². The highest BCUT2D eigenvalue weighted by atomic mass is 19.4. The molecule has 0 radical (unpaired) electrons. The highest BCUT2D eigenvalue weighted by Crippen LogP contribution is 2.35. The molecule has 2 atom stereocenters. The van der Waals surface area contributed by atoms with E-state index in [4.69, 9.17) is 4.74 Å². The van der Waals surface area contributed by atoms with Crippen molar-refractivity contribution in [1.82, 2.24) is 19.8 Å². The van der Waals surface area contributed by atoms with E-state index in [0.29, 0.717) is 38.2 Å². The van der Waals surface area contributed by atoms with E-state index in [-0.39, 0.29) is 24.4 Å². The number of cyclic esters (lactones) is 1. The molecule has 0 spiro atoms. The molecule has 2 N–H and O–H groups in total. The van der Waals surface area contributed by atoms with Gasteiger partial charge in [-0.2, -0.15) is 18.2 Å². The largest absolute Gasteiger partial charge is 0.449 e. The first-order valence-corrected chi connectivity index (χ1v) is 13.7. The van der Waals surface area contributed by atoms with Gasteiger partial charge in [0.2, 0.25) is 5.95 Å². The number of alkyl halides is 3. The summed E-state index contributed by atoms with van der Waals surface area (Å²) in [5, 5.41) is 5.93. The number of likely N-dealkylation sites (N-methyl/N-ethyl adjacent to an activating group) is 1. The molecule has 0 aliphatic carbocycles. The second kappa shape index (κ2) is 11.4. The maximum Gasteiger partial charge on any atom is 0.421 e. The lowest BCUT2D eigenvalue weighted by molar-refractivity contribution is -0.137. The van der Waals surface area contributed by atoms with Crippen molar-refractivity contribution in [2.45, 2.75) is 57.3 Å². The molecule has 5 rings (SSSR count). The Morgan fingerprint density at radius 1 is 1.18 bits per heavy atom. The van der Waals surface area contributed by atoms with Gasteiger partial charge in [-0.05, 0) is 62.9 Å². The quantitative estimate of drug-likeness (QED) is 0.436. The molecule has 39 heavy (non-hydrogen) atoms. The number of hydrogen-bond donors (Lipinski definition) is 2. The van der Waals surface area contributed by atoms with Crippen molar-refractivity contribution >= 4 is 29.2 Å². The number of amides is 1. The van der Waals surface area contributed by atoms with Crippen LogP contribution in [0.4, 0.5) is 41.1 Å². The molecule has 12 heteroatoms. The predicted octanol–water partition coefficient (Wildman–Crippen LogP) is 4.73. The summed E-state index contributed by atoms with van der Waals surface area (Å²) in [5.74, 6) is -0.200. The number of aryl methyl sites for hydroxylation is 1. The molecule has 3 aliphatic rings. The second-order valence-electron chi connectivity index (χ2n) is 10.5. The van der Waals surface area contributed by atoms with Gasteiger partial charge in [0.05, 0.1) is 6.61 Å². The maximum absolute atomic E-state index is 13.7. The third-order valence-electron chi connectivity index (χ3n) is 7.98. The van der Waals surface area contributed by atoms with E-state index in [1.54, 1.807) is 4.90 Å². The summed E-state index contributed by atoms with van der Waals surface area (Å²) in [4.78, 5) is 26.4. The first kappa shape index (κ1) is 27.3. The average molecular weight is 548 g/mol. The number of aromatic nitrogens is 2. The topological polar surface area (TPSA) is 85.9 Å². The van der Waals surface area contributed by atoms with E-state index >= 15 is 0 Å². The molecule has 0 unspecified atom stereocenters. The highest BCUT2D eigenvalue weighted by molar-refractivity contribution is 5.68. The molecule has 2 aromatic rings. The summed E-state index contributed by atoms with van der Waals surface area (Å²) in [5.41, 5.74) is 2.05. The predicted molar refractivity (Wildman–Crippen MR) is 144 cm³/mol. The zero-order valence-corrected chi connectivity index (χ0v) is 22.4. The van der Waals surface area contributed by atoms with Crippen molar-refractivity contribution < 1.29 is 22.7 Å². The minimum Gasteiger partial charge on any atom is -0.449 e. The Balaban J connectivity index is 1.27. The van der Waals surface area contributed by atoms with Crippen molar-refractivity contribution in [3.05, 3.63) is 35.5 Å². The Kier molecular flexibility index (Phi) is 8.01. The molecule has 4 heterocycles. The van der Waals surface area contributed by atoms with Crippen molar-refractivity contribution in [1.29, 1.82) is 0 Å². The van der Waals surface area contributed by atoms with E-state index < -0.39 is 11.7 Å². The molecule has 3 fully saturated rings. The summed E-state index contributed by atoms with van der Waals surface area (Å²) in [6.45, 7) is 5.64. The Labute approximate surface area is 226 Å². The number of ether oxygens (including phenoxy) is 1. The van der Waals surface area contributed by atoms with Crippen LogP contribution in [0.15, 0.2) is 24.4 Å². The van der Waals surface area contributed by atoms with E-state index in [2.05, 4.69) is 56.5 Å². The van der Waals surface area contributed by atoms with Gasteiger partial charge in [-0.25, -0.2) is 9.78 Å². The SMILES string of the molecule is CCc1cc(N2C[C@H]3CC[C@@H](C2)N3C)ccc1Nc1ncc(C(F)(F)F)c(NCCCN2CCCOC2=O)n1. The van der Waals surface area contributed by atoms with E-state index in [9.17, 15) is 18.0 Å². The lowest BCUT2D eigenvalue weighted by atomic mass is 10.1. The van der Waals surface area contributed by atoms with Gasteiger partial charge in [0.15, 0.2) is 0 Å². The van der Waals surface area contributed by atoms with Crippen LogP contribution in [0.3, 0.4) is 0 Å². The van der Waals surface area contributed by atoms with Crippen LogP contribution in [-0.2, 0) is 17.3 Å². The minimum absolute atomic E-state index is 0.0881. The highest BCUT2D eigenvalue weighted by Gasteiger charge is 2.38. The van der Waals surface area contributed by atoms with Crippen molar-refractivity contribution in [2.75, 3.05) is 61.9 Å². The standard InChI is InChI=1S/C27H36F3N7O2/c1-3-18-14-19(37-16-20-6-7-21(17-37)35(20)2)8-9-23(18)33-25-32-15-22(27(28,29)30)24(34-25)31-10-4-11-36-12-5-13-39-26(36)38/h8-9,14-15,20-21H,3-7,10-13,16-17H2,1-2H3,(H2,31,32,33,34)/t20-,21+. The lowest BCUT2D eigenvalue weighted by Crippen LogP contribution is -2.52. The van der Waals surface area contributed by atoms with E-state index in [1.807, 2.05) is 6.07 Å². The average Bonchev–Trinajstić information content (AvgIpc) is 3.10. The first-order valence-electron chi connectivity index (χ1n) is 13.7. The van der Waals surface area contributed by atoms with Gasteiger partial charge in [0.1, 0.15) is 11.4 Å². The van der Waals surface area contributed by atoms with Crippen molar-refractivity contribution in [3.8, 4) is 0 Å². The number of carbonyl (C=O) groups excluding carboxylic acids is 1. The number of halogens is 3. The first-order chi connectivity index (χ1) is 18.7. The summed E-state index contributed by atoms with van der Waals surface area (Å²) >= 11 is 0. The number of rotatable bonds is 9. The minimum atomic E-state index is -4.60. The van der Waals surface area contributed by atoms with Crippen molar-refractivity contribution in [2.24, 2.45) is 0 Å². The number of nitrogens with one attached hydrogen (secondary N) is 2. The number of piperazine rings is 1. The van der Waals surface area contributed by atoms with Crippen LogP contribution in [0.2, 0.25) is 0 Å². The fourth-order valence-corrected chi connectivity index (χ4v) is 5.70. The Morgan fingerprint density at radius 2 is 1.95 bits per heavy atom. The summed E-state index contributed by atoms with van der Waals surface area (Å²) in [6.07, 6.45) is 0.221.